The fourth-order valence-electron chi connectivity index (χ4n) is 2.83. The Morgan fingerprint density at radius 3 is 2.64 bits per heavy atom. The largest absolute Gasteiger partial charge is 0.497 e. The minimum Gasteiger partial charge on any atom is -0.497 e. The normalized spacial score (nSPS) is 10.7. The molecule has 3 rings (SSSR count). The summed E-state index contributed by atoms with van der Waals surface area (Å²) < 4.78 is 7.25. The molecule has 2 aromatic carbocycles. The van der Waals surface area contributed by atoms with Crippen LogP contribution in [0.3, 0.4) is 0 Å². The molecule has 0 aliphatic carbocycles. The molecule has 0 radical (unpaired) electrons. The average Bonchev–Trinajstić information content (AvgIpc) is 3.21. The van der Waals surface area contributed by atoms with Crippen LogP contribution in [-0.4, -0.2) is 40.3 Å². The van der Waals surface area contributed by atoms with Crippen LogP contribution in [-0.2, 0) is 17.8 Å². The van der Waals surface area contributed by atoms with Crippen LogP contribution in [0.4, 0.5) is 0 Å². The van der Waals surface area contributed by atoms with Crippen LogP contribution in [0.2, 0.25) is 0 Å². The lowest BCUT2D eigenvalue weighted by Gasteiger charge is -2.17. The molecule has 146 valence electrons. The number of amides is 1. The molecule has 0 saturated carbocycles. The summed E-state index contributed by atoms with van der Waals surface area (Å²) >= 11 is 1.43. The third kappa shape index (κ3) is 4.95. The first kappa shape index (κ1) is 20.0. The molecule has 5 nitrogen and oxygen atoms in total. The first-order valence-electron chi connectivity index (χ1n) is 9.23. The smallest absolute Gasteiger partial charge is 0.233 e. The van der Waals surface area contributed by atoms with Gasteiger partial charge in [-0.1, -0.05) is 49.0 Å². The first-order valence-corrected chi connectivity index (χ1v) is 10.2. The van der Waals surface area contributed by atoms with Gasteiger partial charge >= 0.3 is 0 Å². The molecule has 1 aromatic heterocycles. The predicted molar refractivity (Wildman–Crippen MR) is 113 cm³/mol. The van der Waals surface area contributed by atoms with E-state index in [1.807, 2.05) is 42.1 Å². The summed E-state index contributed by atoms with van der Waals surface area (Å²) in [4.78, 5) is 18.7. The highest BCUT2D eigenvalue weighted by molar-refractivity contribution is 7.99. The lowest BCUT2D eigenvalue weighted by atomic mass is 10.1. The van der Waals surface area contributed by atoms with Crippen molar-refractivity contribution in [3.05, 3.63) is 72.1 Å². The van der Waals surface area contributed by atoms with E-state index >= 15 is 0 Å². The number of hydrogen-bond donors (Lipinski definition) is 0. The number of imidazole rings is 1. The summed E-state index contributed by atoms with van der Waals surface area (Å²) in [5.74, 6) is 1.20. The van der Waals surface area contributed by atoms with Gasteiger partial charge in [-0.25, -0.2) is 4.98 Å². The zero-order chi connectivity index (χ0) is 19.9. The van der Waals surface area contributed by atoms with Crippen LogP contribution in [0.15, 0.2) is 66.1 Å². The van der Waals surface area contributed by atoms with E-state index in [2.05, 4.69) is 36.2 Å². The van der Waals surface area contributed by atoms with Gasteiger partial charge in [-0.3, -0.25) is 9.36 Å². The van der Waals surface area contributed by atoms with Crippen LogP contribution in [0.1, 0.15) is 18.1 Å². The molecule has 0 aliphatic rings. The molecular formula is C22H25N3O2S. The van der Waals surface area contributed by atoms with Crippen molar-refractivity contribution in [1.29, 1.82) is 0 Å². The van der Waals surface area contributed by atoms with E-state index in [4.69, 9.17) is 4.74 Å². The second-order valence-electron chi connectivity index (χ2n) is 6.49. The van der Waals surface area contributed by atoms with Gasteiger partial charge in [0.2, 0.25) is 5.91 Å². The molecule has 0 bridgehead atoms. The van der Waals surface area contributed by atoms with Crippen molar-refractivity contribution in [3.8, 4) is 11.4 Å². The van der Waals surface area contributed by atoms with E-state index < -0.39 is 0 Å². The van der Waals surface area contributed by atoms with Crippen LogP contribution in [0.5, 0.6) is 5.75 Å². The van der Waals surface area contributed by atoms with Crippen molar-refractivity contribution in [2.45, 2.75) is 25.0 Å². The third-order valence-corrected chi connectivity index (χ3v) is 5.49. The van der Waals surface area contributed by atoms with E-state index in [9.17, 15) is 4.79 Å². The number of benzene rings is 2. The Balaban J connectivity index is 1.60. The van der Waals surface area contributed by atoms with Gasteiger partial charge in [-0.05, 0) is 29.7 Å². The monoisotopic (exact) mass is 395 g/mol. The van der Waals surface area contributed by atoms with Crippen LogP contribution < -0.4 is 4.74 Å². The topological polar surface area (TPSA) is 47.4 Å². The van der Waals surface area contributed by atoms with Crippen molar-refractivity contribution >= 4 is 17.7 Å². The van der Waals surface area contributed by atoms with Gasteiger partial charge < -0.3 is 9.64 Å². The average molecular weight is 396 g/mol. The standard InChI is InChI=1S/C22H25N3O2S/c1-4-17-8-10-18(11-9-17)15-24(2)21(26)16-28-22-23-12-13-25(22)19-6-5-7-20(14-19)27-3/h5-14H,4,15-16H2,1-3H3. The Labute approximate surface area is 170 Å². The minimum absolute atomic E-state index is 0.0739. The van der Waals surface area contributed by atoms with Gasteiger partial charge in [0.1, 0.15) is 5.75 Å². The van der Waals surface area contributed by atoms with Crippen molar-refractivity contribution in [1.82, 2.24) is 14.5 Å². The number of hydrogen-bond acceptors (Lipinski definition) is 4. The fourth-order valence-corrected chi connectivity index (χ4v) is 3.75. The van der Waals surface area contributed by atoms with E-state index in [0.29, 0.717) is 12.3 Å². The highest BCUT2D eigenvalue weighted by Gasteiger charge is 2.13. The van der Waals surface area contributed by atoms with Crippen molar-refractivity contribution in [3.63, 3.8) is 0 Å². The highest BCUT2D eigenvalue weighted by Crippen LogP contribution is 2.23. The van der Waals surface area contributed by atoms with Crippen LogP contribution in [0.25, 0.3) is 5.69 Å². The second kappa shape index (κ2) is 9.46. The molecule has 1 amide bonds. The van der Waals surface area contributed by atoms with Crippen LogP contribution in [0, 0.1) is 0 Å². The minimum atomic E-state index is 0.0739. The van der Waals surface area contributed by atoms with Gasteiger partial charge in [-0.15, -0.1) is 0 Å². The summed E-state index contributed by atoms with van der Waals surface area (Å²) in [6, 6.07) is 16.2. The summed E-state index contributed by atoms with van der Waals surface area (Å²) in [6.45, 7) is 2.74. The number of ether oxygens (including phenoxy) is 1. The molecule has 0 spiro atoms. The van der Waals surface area contributed by atoms with Crippen molar-refractivity contribution in [2.75, 3.05) is 19.9 Å². The number of nitrogens with zero attached hydrogens (tertiary/aromatic N) is 3. The molecular weight excluding hydrogens is 370 g/mol. The molecule has 28 heavy (non-hydrogen) atoms. The maximum absolute atomic E-state index is 12.6. The van der Waals surface area contributed by atoms with E-state index in [-0.39, 0.29) is 5.91 Å². The maximum Gasteiger partial charge on any atom is 0.233 e. The summed E-state index contributed by atoms with van der Waals surface area (Å²) in [5.41, 5.74) is 3.39. The Bertz CT molecular complexity index is 922. The Morgan fingerprint density at radius 1 is 1.18 bits per heavy atom. The fraction of sp³-hybridized carbons (Fsp3) is 0.273. The number of carbonyl (C=O) groups is 1. The molecule has 0 aliphatic heterocycles. The number of thioether (sulfide) groups is 1. The number of carbonyl (C=O) groups excluding carboxylic acids is 1. The Morgan fingerprint density at radius 2 is 1.93 bits per heavy atom. The molecule has 0 unspecified atom stereocenters. The summed E-state index contributed by atoms with van der Waals surface area (Å²) in [5, 5.41) is 0.780. The second-order valence-corrected chi connectivity index (χ2v) is 7.43. The zero-order valence-corrected chi connectivity index (χ0v) is 17.3. The number of aromatic nitrogens is 2. The zero-order valence-electron chi connectivity index (χ0n) is 16.5. The molecule has 0 atom stereocenters. The lowest BCUT2D eigenvalue weighted by molar-refractivity contribution is -0.127. The van der Waals surface area contributed by atoms with Gasteiger partial charge in [-0.2, -0.15) is 0 Å². The van der Waals surface area contributed by atoms with Crippen LogP contribution >= 0.6 is 11.8 Å². The van der Waals surface area contributed by atoms with E-state index in [1.165, 1.54) is 17.3 Å². The maximum atomic E-state index is 12.6. The molecule has 1 heterocycles. The summed E-state index contributed by atoms with van der Waals surface area (Å²) in [7, 11) is 3.48. The quantitative estimate of drug-likeness (QED) is 0.537. The van der Waals surface area contributed by atoms with Gasteiger partial charge in [0.25, 0.3) is 0 Å². The number of rotatable bonds is 8. The molecule has 0 fully saturated rings. The molecule has 3 aromatic rings. The third-order valence-electron chi connectivity index (χ3n) is 4.54. The predicted octanol–water partition coefficient (Wildman–Crippen LogP) is 4.19. The highest BCUT2D eigenvalue weighted by atomic mass is 32.2. The Hall–Kier alpha value is -2.73. The molecule has 0 saturated heterocycles. The Kier molecular flexibility index (Phi) is 6.76. The van der Waals surface area contributed by atoms with Crippen molar-refractivity contribution < 1.29 is 9.53 Å². The SMILES string of the molecule is CCc1ccc(CN(C)C(=O)CSc2nccn2-c2cccc(OC)c2)cc1. The van der Waals surface area contributed by atoms with Gasteiger partial charge in [0.05, 0.1) is 18.6 Å². The first-order chi connectivity index (χ1) is 13.6. The lowest BCUT2D eigenvalue weighted by Crippen LogP contribution is -2.27. The van der Waals surface area contributed by atoms with E-state index in [1.54, 1.807) is 18.2 Å². The van der Waals surface area contributed by atoms with Gasteiger partial charge in [0, 0.05) is 32.1 Å². The van der Waals surface area contributed by atoms with E-state index in [0.717, 1.165) is 28.6 Å². The molecule has 0 N–H and O–H groups in total. The number of aryl methyl sites for hydroxylation is 1. The van der Waals surface area contributed by atoms with Crippen molar-refractivity contribution in [2.24, 2.45) is 0 Å². The summed E-state index contributed by atoms with van der Waals surface area (Å²) in [6.07, 6.45) is 4.65. The number of methoxy groups -OCH3 is 1. The van der Waals surface area contributed by atoms with Gasteiger partial charge in [0.15, 0.2) is 5.16 Å². The molecule has 6 heteroatoms.